The highest BCUT2D eigenvalue weighted by Crippen LogP contribution is 2.33. The van der Waals surface area contributed by atoms with Gasteiger partial charge in [-0.1, -0.05) is 47.6 Å². The number of sulfonamides is 1. The molecule has 0 spiro atoms. The van der Waals surface area contributed by atoms with Crippen molar-refractivity contribution >= 4 is 33.2 Å². The van der Waals surface area contributed by atoms with E-state index in [9.17, 15) is 18.3 Å². The molecule has 0 aromatic heterocycles. The Morgan fingerprint density at radius 1 is 1.14 bits per heavy atom. The Labute approximate surface area is 212 Å². The number of benzene rings is 3. The molecule has 4 rings (SSSR count). The van der Waals surface area contributed by atoms with E-state index in [1.54, 1.807) is 30.3 Å². The van der Waals surface area contributed by atoms with Crippen LogP contribution in [-0.4, -0.2) is 43.2 Å². The van der Waals surface area contributed by atoms with Crippen molar-refractivity contribution in [3.63, 3.8) is 0 Å². The number of rotatable bonds is 8. The third kappa shape index (κ3) is 5.35. The van der Waals surface area contributed by atoms with Crippen LogP contribution < -0.4 is 16.2 Å². The number of nitrogens with two attached hydrogens (primary N) is 2. The number of carbonyl (C=O) groups is 1. The third-order valence-electron chi connectivity index (χ3n) is 5.94. The van der Waals surface area contributed by atoms with E-state index in [-0.39, 0.29) is 40.4 Å². The Morgan fingerprint density at radius 2 is 1.89 bits per heavy atom. The van der Waals surface area contributed by atoms with E-state index in [0.29, 0.717) is 16.8 Å². The lowest BCUT2D eigenvalue weighted by Gasteiger charge is -2.24. The van der Waals surface area contributed by atoms with Crippen LogP contribution in [0.5, 0.6) is 0 Å². The lowest BCUT2D eigenvalue weighted by Crippen LogP contribution is -2.44. The Hall–Kier alpha value is -4.13. The second-order valence-electron chi connectivity index (χ2n) is 8.46. The highest BCUT2D eigenvalue weighted by atomic mass is 32.2. The van der Waals surface area contributed by atoms with Crippen LogP contribution >= 0.6 is 0 Å². The molecule has 1 unspecified atom stereocenters. The topological polar surface area (TPSA) is 181 Å². The molecule has 0 aliphatic carbocycles. The van der Waals surface area contributed by atoms with Crippen LogP contribution in [-0.2, 0) is 19.7 Å². The first kappa shape index (κ1) is 25.9. The lowest BCUT2D eigenvalue weighted by molar-refractivity contribution is -0.140. The second kappa shape index (κ2) is 10.1. The molecule has 1 atom stereocenters. The molecule has 1 aliphatic heterocycles. The Bertz CT molecular complexity index is 1530. The van der Waals surface area contributed by atoms with E-state index >= 15 is 4.39 Å². The number of aliphatic hydroxyl groups excluding tert-OH is 1. The van der Waals surface area contributed by atoms with E-state index in [1.165, 1.54) is 30.3 Å². The van der Waals surface area contributed by atoms with Crippen LogP contribution in [0.1, 0.15) is 24.0 Å². The van der Waals surface area contributed by atoms with Crippen molar-refractivity contribution in [3.05, 3.63) is 83.7 Å². The summed E-state index contributed by atoms with van der Waals surface area (Å²) in [5.41, 5.74) is 5.70. The van der Waals surface area contributed by atoms with E-state index in [0.717, 1.165) is 6.07 Å². The first-order valence-electron chi connectivity index (χ1n) is 11.1. The lowest BCUT2D eigenvalue weighted by atomic mass is 9.90. The Kier molecular flexibility index (Phi) is 7.07. The molecule has 0 fully saturated rings. The highest BCUT2D eigenvalue weighted by Gasteiger charge is 2.46. The van der Waals surface area contributed by atoms with Crippen molar-refractivity contribution in [3.8, 4) is 11.1 Å². The van der Waals surface area contributed by atoms with Crippen LogP contribution in [0, 0.1) is 11.2 Å². The fourth-order valence-electron chi connectivity index (χ4n) is 4.02. The minimum absolute atomic E-state index is 0.0117. The zero-order valence-electron chi connectivity index (χ0n) is 19.4. The van der Waals surface area contributed by atoms with Crippen LogP contribution in [0.3, 0.4) is 0 Å². The SMILES string of the molecule is N=C(N)c1cccc(C2=NOC(CCO)(C(=O)Nc3ccc(-c4ccccc4S(N)(=O)=O)cc3F)C2)c1. The number of carbonyl (C=O) groups excluding carboxylic acids is 1. The van der Waals surface area contributed by atoms with Gasteiger partial charge in [0.25, 0.3) is 5.91 Å². The normalized spacial score (nSPS) is 17.1. The predicted octanol–water partition coefficient (Wildman–Crippen LogP) is 2.31. The van der Waals surface area contributed by atoms with Gasteiger partial charge >= 0.3 is 0 Å². The molecule has 3 aromatic carbocycles. The minimum atomic E-state index is -4.05. The molecule has 7 N–H and O–H groups in total. The van der Waals surface area contributed by atoms with Gasteiger partial charge in [-0.25, -0.2) is 17.9 Å². The van der Waals surface area contributed by atoms with Crippen molar-refractivity contribution < 1.29 is 27.5 Å². The Balaban J connectivity index is 1.58. The highest BCUT2D eigenvalue weighted by molar-refractivity contribution is 7.89. The fourth-order valence-corrected chi connectivity index (χ4v) is 4.78. The zero-order chi connectivity index (χ0) is 26.8. The van der Waals surface area contributed by atoms with Crippen molar-refractivity contribution in [1.29, 1.82) is 5.41 Å². The molecule has 0 saturated carbocycles. The smallest absolute Gasteiger partial charge is 0.272 e. The molecule has 1 amide bonds. The maximum absolute atomic E-state index is 15.0. The molecule has 10 nitrogen and oxygen atoms in total. The third-order valence-corrected chi connectivity index (χ3v) is 6.91. The number of hydrogen-bond acceptors (Lipinski definition) is 7. The fraction of sp³-hybridized carbons (Fsp3) is 0.160. The van der Waals surface area contributed by atoms with Crippen molar-refractivity contribution in [2.75, 3.05) is 11.9 Å². The number of nitrogen functional groups attached to an aromatic ring is 1. The van der Waals surface area contributed by atoms with Crippen LogP contribution in [0.25, 0.3) is 11.1 Å². The standard InChI is InChI=1S/C25H24FN5O5S/c26-19-13-15(18-6-1-2-7-22(18)37(29,34)35)8-9-20(19)30-24(33)25(10-11-32)14-21(31-36-25)16-4-3-5-17(12-16)23(27)28/h1-9,12-13,32H,10-11,14H2,(H3,27,28)(H,30,33)(H2,29,34,35). The number of anilines is 1. The number of nitrogens with zero attached hydrogens (tertiary/aromatic N) is 1. The first-order valence-corrected chi connectivity index (χ1v) is 12.6. The van der Waals surface area contributed by atoms with Gasteiger partial charge in [-0.2, -0.15) is 0 Å². The summed E-state index contributed by atoms with van der Waals surface area (Å²) >= 11 is 0. The number of hydrogen-bond donors (Lipinski definition) is 5. The van der Waals surface area contributed by atoms with Crippen LogP contribution in [0.15, 0.2) is 76.8 Å². The molecule has 1 aliphatic rings. The van der Waals surface area contributed by atoms with Crippen molar-refractivity contribution in [2.24, 2.45) is 16.0 Å². The maximum atomic E-state index is 15.0. The van der Waals surface area contributed by atoms with E-state index in [4.69, 9.17) is 21.1 Å². The number of halogens is 1. The van der Waals surface area contributed by atoms with E-state index < -0.39 is 34.0 Å². The molecular formula is C25H24FN5O5S. The average Bonchev–Trinajstić information content (AvgIpc) is 3.30. The van der Waals surface area contributed by atoms with Gasteiger partial charge in [-0.15, -0.1) is 0 Å². The summed E-state index contributed by atoms with van der Waals surface area (Å²) in [4.78, 5) is 18.6. The minimum Gasteiger partial charge on any atom is -0.396 e. The quantitative estimate of drug-likeness (QED) is 0.222. The summed E-state index contributed by atoms with van der Waals surface area (Å²) < 4.78 is 38.9. The summed E-state index contributed by atoms with van der Waals surface area (Å²) in [6.07, 6.45) is -0.123. The summed E-state index contributed by atoms with van der Waals surface area (Å²) in [5, 5.41) is 29.0. The van der Waals surface area contributed by atoms with Gasteiger partial charge in [-0.05, 0) is 29.8 Å². The molecule has 0 bridgehead atoms. The van der Waals surface area contributed by atoms with Gasteiger partial charge in [0.15, 0.2) is 0 Å². The average molecular weight is 526 g/mol. The molecule has 12 heteroatoms. The van der Waals surface area contributed by atoms with Crippen molar-refractivity contribution in [2.45, 2.75) is 23.3 Å². The monoisotopic (exact) mass is 525 g/mol. The van der Waals surface area contributed by atoms with Gasteiger partial charge < -0.3 is 21.0 Å². The van der Waals surface area contributed by atoms with Gasteiger partial charge in [0, 0.05) is 36.1 Å². The van der Waals surface area contributed by atoms with Crippen LogP contribution in [0.2, 0.25) is 0 Å². The maximum Gasteiger partial charge on any atom is 0.272 e. The number of amides is 1. The summed E-state index contributed by atoms with van der Waals surface area (Å²) in [6, 6.07) is 16.4. The number of aliphatic hydroxyl groups is 1. The van der Waals surface area contributed by atoms with Gasteiger partial charge in [0.1, 0.15) is 11.7 Å². The van der Waals surface area contributed by atoms with Gasteiger partial charge in [-0.3, -0.25) is 10.2 Å². The number of nitrogens with one attached hydrogen (secondary N) is 2. The van der Waals surface area contributed by atoms with E-state index in [2.05, 4.69) is 10.5 Å². The molecular weight excluding hydrogens is 501 g/mol. The summed E-state index contributed by atoms with van der Waals surface area (Å²) in [7, 11) is -4.05. The first-order chi connectivity index (χ1) is 17.5. The van der Waals surface area contributed by atoms with Gasteiger partial charge in [0.2, 0.25) is 15.6 Å². The van der Waals surface area contributed by atoms with Crippen molar-refractivity contribution in [1.82, 2.24) is 0 Å². The molecule has 0 saturated heterocycles. The molecule has 37 heavy (non-hydrogen) atoms. The van der Waals surface area contributed by atoms with E-state index in [1.807, 2.05) is 0 Å². The largest absolute Gasteiger partial charge is 0.396 e. The molecule has 192 valence electrons. The molecule has 3 aromatic rings. The molecule has 1 heterocycles. The summed E-state index contributed by atoms with van der Waals surface area (Å²) in [5.74, 6) is -1.67. The number of amidine groups is 1. The van der Waals surface area contributed by atoms with Gasteiger partial charge in [0.05, 0.1) is 16.3 Å². The second-order valence-corrected chi connectivity index (χ2v) is 9.99. The number of oxime groups is 1. The van der Waals surface area contributed by atoms with Crippen LogP contribution in [0.4, 0.5) is 10.1 Å². The number of primary sulfonamides is 1. The Morgan fingerprint density at radius 3 is 2.57 bits per heavy atom. The molecule has 0 radical (unpaired) electrons. The predicted molar refractivity (Wildman–Crippen MR) is 136 cm³/mol. The summed E-state index contributed by atoms with van der Waals surface area (Å²) in [6.45, 7) is -0.393. The zero-order valence-corrected chi connectivity index (χ0v) is 20.3.